The molecule has 0 radical (unpaired) electrons. The minimum Gasteiger partial charge on any atom is -0.478 e. The summed E-state index contributed by atoms with van der Waals surface area (Å²) in [6.07, 6.45) is 3.66. The number of hydrogen-bond donors (Lipinski definition) is 1. The van der Waals surface area contributed by atoms with Crippen LogP contribution < -0.4 is 0 Å². The van der Waals surface area contributed by atoms with Crippen molar-refractivity contribution < 1.29 is 9.90 Å². The zero-order valence-corrected chi connectivity index (χ0v) is 7.19. The molecule has 0 fully saturated rings. The Bertz CT molecular complexity index is 471. The van der Waals surface area contributed by atoms with E-state index in [0.717, 1.165) is 11.1 Å². The van der Waals surface area contributed by atoms with Crippen LogP contribution in [0, 0.1) is 6.92 Å². The van der Waals surface area contributed by atoms with Crippen molar-refractivity contribution in [1.82, 2.24) is 4.40 Å². The quantitative estimate of drug-likeness (QED) is 0.719. The highest BCUT2D eigenvalue weighted by Crippen LogP contribution is 2.17. The van der Waals surface area contributed by atoms with Gasteiger partial charge in [-0.1, -0.05) is 6.07 Å². The molecule has 0 atom stereocenters. The Morgan fingerprint density at radius 2 is 2.23 bits per heavy atom. The van der Waals surface area contributed by atoms with Crippen molar-refractivity contribution in [3.63, 3.8) is 0 Å². The van der Waals surface area contributed by atoms with Gasteiger partial charge in [0.1, 0.15) is 0 Å². The van der Waals surface area contributed by atoms with Gasteiger partial charge < -0.3 is 9.51 Å². The molecule has 0 saturated carbocycles. The third-order valence-corrected chi connectivity index (χ3v) is 2.09. The lowest BCUT2D eigenvalue weighted by Crippen LogP contribution is -1.96. The number of carboxylic acids is 1. The first kappa shape index (κ1) is 7.86. The van der Waals surface area contributed by atoms with Gasteiger partial charge in [-0.2, -0.15) is 0 Å². The number of aryl methyl sites for hydroxylation is 1. The molecule has 0 amide bonds. The first-order valence-corrected chi connectivity index (χ1v) is 4.00. The number of nitrogens with zero attached hydrogens (tertiary/aromatic N) is 1. The molecule has 0 aromatic carbocycles. The lowest BCUT2D eigenvalue weighted by Gasteiger charge is -1.94. The van der Waals surface area contributed by atoms with Gasteiger partial charge >= 0.3 is 5.97 Å². The van der Waals surface area contributed by atoms with E-state index in [1.54, 1.807) is 13.0 Å². The van der Waals surface area contributed by atoms with Crippen LogP contribution in [0.25, 0.3) is 5.52 Å². The predicted octanol–water partition coefficient (Wildman–Crippen LogP) is 1.95. The fourth-order valence-electron chi connectivity index (χ4n) is 1.53. The predicted molar refractivity (Wildman–Crippen MR) is 49.1 cm³/mol. The fourth-order valence-corrected chi connectivity index (χ4v) is 1.53. The van der Waals surface area contributed by atoms with Gasteiger partial charge in [-0.25, -0.2) is 4.79 Å². The topological polar surface area (TPSA) is 41.7 Å². The summed E-state index contributed by atoms with van der Waals surface area (Å²) in [7, 11) is 0. The lowest BCUT2D eigenvalue weighted by molar-refractivity contribution is 0.0698. The Balaban J connectivity index is 2.86. The second kappa shape index (κ2) is 2.62. The minimum atomic E-state index is -0.869. The second-order valence-corrected chi connectivity index (χ2v) is 2.99. The monoisotopic (exact) mass is 175 g/mol. The van der Waals surface area contributed by atoms with E-state index in [4.69, 9.17) is 5.11 Å². The molecule has 0 unspecified atom stereocenters. The van der Waals surface area contributed by atoms with Crippen LogP contribution in [0.4, 0.5) is 0 Å². The van der Waals surface area contributed by atoms with Gasteiger partial charge in [0.05, 0.1) is 11.1 Å². The first-order valence-electron chi connectivity index (χ1n) is 4.00. The van der Waals surface area contributed by atoms with E-state index in [2.05, 4.69) is 0 Å². The van der Waals surface area contributed by atoms with Crippen molar-refractivity contribution in [2.45, 2.75) is 6.92 Å². The zero-order valence-electron chi connectivity index (χ0n) is 7.19. The zero-order chi connectivity index (χ0) is 9.42. The molecule has 0 aliphatic heterocycles. The molecule has 0 bridgehead atoms. The SMILES string of the molecule is Cc1cn2ccccc2c1C(=O)O. The lowest BCUT2D eigenvalue weighted by atomic mass is 10.2. The summed E-state index contributed by atoms with van der Waals surface area (Å²) in [5.41, 5.74) is 1.92. The molecule has 2 aromatic rings. The van der Waals surface area contributed by atoms with E-state index >= 15 is 0 Å². The van der Waals surface area contributed by atoms with E-state index < -0.39 is 5.97 Å². The van der Waals surface area contributed by atoms with E-state index in [-0.39, 0.29) is 0 Å². The molecule has 13 heavy (non-hydrogen) atoms. The number of rotatable bonds is 1. The van der Waals surface area contributed by atoms with Crippen molar-refractivity contribution in [3.05, 3.63) is 41.7 Å². The Hall–Kier alpha value is -1.77. The number of carbonyl (C=O) groups is 1. The molecule has 0 aliphatic carbocycles. The van der Waals surface area contributed by atoms with Crippen molar-refractivity contribution in [3.8, 4) is 0 Å². The van der Waals surface area contributed by atoms with Gasteiger partial charge in [-0.3, -0.25) is 0 Å². The Morgan fingerprint density at radius 3 is 2.92 bits per heavy atom. The highest BCUT2D eigenvalue weighted by molar-refractivity contribution is 5.97. The maximum atomic E-state index is 10.9. The highest BCUT2D eigenvalue weighted by atomic mass is 16.4. The number of hydrogen-bond acceptors (Lipinski definition) is 1. The molecule has 3 nitrogen and oxygen atoms in total. The van der Waals surface area contributed by atoms with Gasteiger partial charge in [-0.05, 0) is 24.6 Å². The van der Waals surface area contributed by atoms with Crippen LogP contribution in [-0.4, -0.2) is 15.5 Å². The number of aromatic nitrogens is 1. The first-order chi connectivity index (χ1) is 6.20. The van der Waals surface area contributed by atoms with Crippen LogP contribution in [0.15, 0.2) is 30.6 Å². The molecule has 2 rings (SSSR count). The number of aromatic carboxylic acids is 1. The van der Waals surface area contributed by atoms with Crippen molar-refractivity contribution in [1.29, 1.82) is 0 Å². The third-order valence-electron chi connectivity index (χ3n) is 2.09. The summed E-state index contributed by atoms with van der Waals surface area (Å²) in [5, 5.41) is 8.94. The van der Waals surface area contributed by atoms with E-state index in [0.29, 0.717) is 5.56 Å². The Morgan fingerprint density at radius 1 is 1.46 bits per heavy atom. The molecule has 0 saturated heterocycles. The van der Waals surface area contributed by atoms with Crippen LogP contribution in [0.5, 0.6) is 0 Å². The van der Waals surface area contributed by atoms with E-state index in [1.165, 1.54) is 0 Å². The Labute approximate surface area is 75.2 Å². The summed E-state index contributed by atoms with van der Waals surface area (Å²) in [5.74, 6) is -0.869. The molecule has 0 aliphatic rings. The van der Waals surface area contributed by atoms with Crippen LogP contribution in [0.1, 0.15) is 15.9 Å². The third kappa shape index (κ3) is 1.09. The molecule has 2 heterocycles. The number of fused-ring (bicyclic) bond motifs is 1. The van der Waals surface area contributed by atoms with Gasteiger partial charge in [0, 0.05) is 12.4 Å². The largest absolute Gasteiger partial charge is 0.478 e. The van der Waals surface area contributed by atoms with Gasteiger partial charge in [-0.15, -0.1) is 0 Å². The summed E-state index contributed by atoms with van der Waals surface area (Å²) >= 11 is 0. The van der Waals surface area contributed by atoms with Crippen LogP contribution in [0.3, 0.4) is 0 Å². The fraction of sp³-hybridized carbons (Fsp3) is 0.100. The van der Waals surface area contributed by atoms with Crippen molar-refractivity contribution in [2.24, 2.45) is 0 Å². The van der Waals surface area contributed by atoms with E-state index in [1.807, 2.05) is 28.9 Å². The summed E-state index contributed by atoms with van der Waals surface area (Å²) in [4.78, 5) is 10.9. The van der Waals surface area contributed by atoms with Crippen molar-refractivity contribution in [2.75, 3.05) is 0 Å². The van der Waals surface area contributed by atoms with Crippen molar-refractivity contribution >= 4 is 11.5 Å². The Kier molecular flexibility index (Phi) is 1.59. The minimum absolute atomic E-state index is 0.389. The summed E-state index contributed by atoms with van der Waals surface area (Å²) in [6, 6.07) is 5.51. The average molecular weight is 175 g/mol. The number of pyridine rings is 1. The molecule has 1 N–H and O–H groups in total. The summed E-state index contributed by atoms with van der Waals surface area (Å²) < 4.78 is 1.82. The average Bonchev–Trinajstić information content (AvgIpc) is 2.39. The van der Waals surface area contributed by atoms with Crippen LogP contribution in [-0.2, 0) is 0 Å². The standard InChI is InChI=1S/C10H9NO2/c1-7-6-11-5-3-2-4-8(11)9(7)10(12)13/h2-6H,1H3,(H,12,13). The van der Waals surface area contributed by atoms with E-state index in [9.17, 15) is 4.79 Å². The molecule has 2 aromatic heterocycles. The molecule has 66 valence electrons. The molecular formula is C10H9NO2. The number of carboxylic acid groups (broad SMARTS) is 1. The summed E-state index contributed by atoms with van der Waals surface area (Å²) in [6.45, 7) is 1.80. The molecule has 0 spiro atoms. The second-order valence-electron chi connectivity index (χ2n) is 2.99. The van der Waals surface area contributed by atoms with Crippen LogP contribution >= 0.6 is 0 Å². The maximum Gasteiger partial charge on any atom is 0.338 e. The maximum absolute atomic E-state index is 10.9. The normalized spacial score (nSPS) is 10.5. The van der Waals surface area contributed by atoms with Gasteiger partial charge in [0.25, 0.3) is 0 Å². The smallest absolute Gasteiger partial charge is 0.338 e. The molecular weight excluding hydrogens is 166 g/mol. The highest BCUT2D eigenvalue weighted by Gasteiger charge is 2.12. The molecule has 3 heteroatoms. The van der Waals surface area contributed by atoms with Gasteiger partial charge in [0.2, 0.25) is 0 Å². The van der Waals surface area contributed by atoms with Crippen LogP contribution in [0.2, 0.25) is 0 Å². The van der Waals surface area contributed by atoms with Gasteiger partial charge in [0.15, 0.2) is 0 Å².